The van der Waals surface area contributed by atoms with Crippen molar-refractivity contribution in [1.29, 1.82) is 0 Å². The number of anilines is 2. The molecule has 0 aliphatic heterocycles. The Labute approximate surface area is 315 Å². The Morgan fingerprint density at radius 2 is 1.16 bits per heavy atom. The highest BCUT2D eigenvalue weighted by atomic mass is 79.9. The standard InChI is InChI=1S/C19H13BrN4O2S.C17H11BrN4OS/c1-11(25)23-19-24-18-15(3-2-4-16(18)27-19)26-17-9-14(21-10-22-17)12-5-7-13(20)8-6-12;18-11-6-4-10(5-7-11)12-8-15(21-9-20-12)23-13-2-1-3-14-16(13)22-17(19)24-14/h2-10H,1H3,(H,23,24,25);1-9H,(H2,19,22). The SMILES string of the molecule is CC(=O)Nc1nc2c(Oc3cc(-c4ccc(Br)cc4)ncn3)cccc2s1.Nc1nc2c(Oc3cc(-c4ccc(Br)cc4)ncn3)cccc2s1. The van der Waals surface area contributed by atoms with Gasteiger partial charge in [0.05, 0.1) is 20.8 Å². The van der Waals surface area contributed by atoms with Crippen LogP contribution in [0.4, 0.5) is 10.3 Å². The van der Waals surface area contributed by atoms with Crippen LogP contribution in [-0.2, 0) is 4.79 Å². The molecule has 4 aromatic carbocycles. The van der Waals surface area contributed by atoms with Crippen LogP contribution in [0.25, 0.3) is 42.9 Å². The Bertz CT molecular complexity index is 2490. The van der Waals surface area contributed by atoms with E-state index in [1.54, 1.807) is 12.1 Å². The van der Waals surface area contributed by atoms with E-state index >= 15 is 0 Å². The third-order valence-corrected chi connectivity index (χ3v) is 9.90. The summed E-state index contributed by atoms with van der Waals surface area (Å²) in [5.74, 6) is 1.92. The van der Waals surface area contributed by atoms with Crippen molar-refractivity contribution in [3.8, 4) is 45.8 Å². The molecule has 0 aliphatic rings. The predicted molar refractivity (Wildman–Crippen MR) is 208 cm³/mol. The van der Waals surface area contributed by atoms with Gasteiger partial charge in [0.1, 0.15) is 23.7 Å². The number of nitrogen functional groups attached to an aromatic ring is 1. The fraction of sp³-hybridized carbons (Fsp3) is 0.0278. The lowest BCUT2D eigenvalue weighted by Crippen LogP contribution is -2.04. The molecule has 51 heavy (non-hydrogen) atoms. The zero-order valence-electron chi connectivity index (χ0n) is 26.5. The number of thiazole rings is 2. The number of fused-ring (bicyclic) bond motifs is 2. The van der Waals surface area contributed by atoms with E-state index in [1.165, 1.54) is 42.3 Å². The van der Waals surface area contributed by atoms with Crippen molar-refractivity contribution in [2.45, 2.75) is 6.92 Å². The molecular weight excluding hydrogens is 816 g/mol. The summed E-state index contributed by atoms with van der Waals surface area (Å²) in [7, 11) is 0. The van der Waals surface area contributed by atoms with Gasteiger partial charge >= 0.3 is 0 Å². The molecule has 1 amide bonds. The number of rotatable bonds is 7. The van der Waals surface area contributed by atoms with Crippen molar-refractivity contribution in [3.05, 3.63) is 119 Å². The summed E-state index contributed by atoms with van der Waals surface area (Å²) < 4.78 is 15.8. The Kier molecular flexibility index (Phi) is 10.2. The quantitative estimate of drug-likeness (QED) is 0.159. The molecule has 4 aromatic heterocycles. The van der Waals surface area contributed by atoms with Crippen molar-refractivity contribution in [2.24, 2.45) is 0 Å². The van der Waals surface area contributed by atoms with Gasteiger partial charge in [0.25, 0.3) is 0 Å². The van der Waals surface area contributed by atoms with Crippen molar-refractivity contribution in [3.63, 3.8) is 0 Å². The molecule has 4 heterocycles. The monoisotopic (exact) mass is 838 g/mol. The Morgan fingerprint density at radius 3 is 1.67 bits per heavy atom. The maximum atomic E-state index is 11.3. The molecule has 0 saturated carbocycles. The first-order chi connectivity index (χ1) is 24.8. The number of nitrogens with one attached hydrogen (secondary N) is 1. The number of nitrogens with zero attached hydrogens (tertiary/aromatic N) is 6. The van der Waals surface area contributed by atoms with Crippen LogP contribution in [0.3, 0.4) is 0 Å². The molecule has 8 aromatic rings. The second-order valence-electron chi connectivity index (χ2n) is 10.7. The molecule has 0 unspecified atom stereocenters. The van der Waals surface area contributed by atoms with Crippen LogP contribution in [-0.4, -0.2) is 35.8 Å². The number of carbonyl (C=O) groups excluding carboxylic acids is 1. The Hall–Kier alpha value is -5.35. The number of amides is 1. The van der Waals surface area contributed by atoms with Gasteiger partial charge in [0.15, 0.2) is 21.8 Å². The second-order valence-corrected chi connectivity index (χ2v) is 14.6. The van der Waals surface area contributed by atoms with E-state index in [9.17, 15) is 4.79 Å². The molecule has 0 atom stereocenters. The van der Waals surface area contributed by atoms with Crippen LogP contribution in [0.1, 0.15) is 6.92 Å². The van der Waals surface area contributed by atoms with Gasteiger partial charge in [0, 0.05) is 39.1 Å². The van der Waals surface area contributed by atoms with Crippen LogP contribution < -0.4 is 20.5 Å². The van der Waals surface area contributed by atoms with E-state index < -0.39 is 0 Å². The van der Waals surface area contributed by atoms with Crippen molar-refractivity contribution < 1.29 is 14.3 Å². The normalized spacial score (nSPS) is 10.8. The number of para-hydroxylation sites is 2. The highest BCUT2D eigenvalue weighted by molar-refractivity contribution is 9.10. The average molecular weight is 841 g/mol. The number of nitrogens with two attached hydrogens (primary N) is 1. The molecule has 252 valence electrons. The summed E-state index contributed by atoms with van der Waals surface area (Å²) in [4.78, 5) is 37.1. The molecule has 0 aliphatic carbocycles. The molecule has 0 saturated heterocycles. The minimum atomic E-state index is -0.161. The maximum absolute atomic E-state index is 11.3. The van der Waals surface area contributed by atoms with E-state index in [2.05, 4.69) is 67.1 Å². The number of benzene rings is 4. The Morgan fingerprint density at radius 1 is 0.667 bits per heavy atom. The fourth-order valence-electron chi connectivity index (χ4n) is 4.81. The lowest BCUT2D eigenvalue weighted by Gasteiger charge is -2.07. The topological polar surface area (TPSA) is 151 Å². The van der Waals surface area contributed by atoms with Gasteiger partial charge < -0.3 is 20.5 Å². The molecule has 0 radical (unpaired) electrons. The Balaban J connectivity index is 0.000000160. The second kappa shape index (κ2) is 15.3. The van der Waals surface area contributed by atoms with Crippen LogP contribution in [0, 0.1) is 0 Å². The minimum absolute atomic E-state index is 0.161. The highest BCUT2D eigenvalue weighted by Gasteiger charge is 2.13. The first-order valence-corrected chi connectivity index (χ1v) is 18.3. The molecule has 0 fully saturated rings. The van der Waals surface area contributed by atoms with E-state index in [1.807, 2.05) is 84.9 Å². The number of aromatic nitrogens is 6. The van der Waals surface area contributed by atoms with Crippen LogP contribution in [0.2, 0.25) is 0 Å². The molecule has 0 bridgehead atoms. The molecular formula is C36H24Br2N8O3S2. The lowest BCUT2D eigenvalue weighted by molar-refractivity contribution is -0.114. The van der Waals surface area contributed by atoms with E-state index in [0.717, 1.165) is 46.4 Å². The fourth-order valence-corrected chi connectivity index (χ4v) is 7.02. The van der Waals surface area contributed by atoms with Crippen LogP contribution in [0.15, 0.2) is 119 Å². The van der Waals surface area contributed by atoms with Crippen LogP contribution >= 0.6 is 54.5 Å². The first-order valence-electron chi connectivity index (χ1n) is 15.1. The summed E-state index contributed by atoms with van der Waals surface area (Å²) in [6.45, 7) is 1.45. The van der Waals surface area contributed by atoms with Gasteiger partial charge in [-0.05, 0) is 48.5 Å². The maximum Gasteiger partial charge on any atom is 0.223 e. The molecule has 3 N–H and O–H groups in total. The number of ether oxygens (including phenoxy) is 2. The van der Waals surface area contributed by atoms with E-state index in [0.29, 0.717) is 39.0 Å². The van der Waals surface area contributed by atoms with E-state index in [4.69, 9.17) is 15.2 Å². The first kappa shape index (κ1) is 34.1. The summed E-state index contributed by atoms with van der Waals surface area (Å²) in [5.41, 5.74) is 10.7. The van der Waals surface area contributed by atoms with Gasteiger partial charge in [0.2, 0.25) is 17.7 Å². The molecule has 11 nitrogen and oxygen atoms in total. The molecule has 15 heteroatoms. The lowest BCUT2D eigenvalue weighted by atomic mass is 10.1. The molecule has 0 spiro atoms. The highest BCUT2D eigenvalue weighted by Crippen LogP contribution is 2.36. The van der Waals surface area contributed by atoms with Crippen molar-refractivity contribution >= 4 is 91.1 Å². The van der Waals surface area contributed by atoms with E-state index in [-0.39, 0.29) is 5.91 Å². The minimum Gasteiger partial charge on any atom is -0.437 e. The zero-order chi connectivity index (χ0) is 35.3. The van der Waals surface area contributed by atoms with Gasteiger partial charge in [-0.15, -0.1) is 0 Å². The summed E-state index contributed by atoms with van der Waals surface area (Å²) in [6.07, 6.45) is 2.96. The third-order valence-electron chi connectivity index (χ3n) is 7.06. The van der Waals surface area contributed by atoms with Crippen molar-refractivity contribution in [1.82, 2.24) is 29.9 Å². The van der Waals surface area contributed by atoms with Gasteiger partial charge in [-0.2, -0.15) is 0 Å². The number of hydrogen-bond donors (Lipinski definition) is 2. The largest absolute Gasteiger partial charge is 0.437 e. The number of hydrogen-bond acceptors (Lipinski definition) is 12. The summed E-state index contributed by atoms with van der Waals surface area (Å²) in [5, 5.41) is 3.75. The van der Waals surface area contributed by atoms with Crippen LogP contribution in [0.5, 0.6) is 23.3 Å². The van der Waals surface area contributed by atoms with Gasteiger partial charge in [-0.3, -0.25) is 4.79 Å². The predicted octanol–water partition coefficient (Wildman–Crippen LogP) is 10.2. The third kappa shape index (κ3) is 8.35. The summed E-state index contributed by atoms with van der Waals surface area (Å²) >= 11 is 9.67. The van der Waals surface area contributed by atoms with Crippen molar-refractivity contribution in [2.75, 3.05) is 11.1 Å². The zero-order valence-corrected chi connectivity index (χ0v) is 31.3. The van der Waals surface area contributed by atoms with Gasteiger partial charge in [-0.1, -0.05) is 90.9 Å². The smallest absolute Gasteiger partial charge is 0.223 e. The molecule has 8 rings (SSSR count). The number of carbonyl (C=O) groups is 1. The summed E-state index contributed by atoms with van der Waals surface area (Å²) in [6, 6.07) is 30.7. The van der Waals surface area contributed by atoms with Gasteiger partial charge in [-0.25, -0.2) is 29.9 Å². The average Bonchev–Trinajstić information content (AvgIpc) is 3.72. The number of halogens is 2.